The number of benzene rings is 4. The number of imidazole rings is 1. The molecule has 0 amide bonds. The number of anilines is 1. The second-order valence-corrected chi connectivity index (χ2v) is 12.3. The maximum absolute atomic E-state index is 12.8. The summed E-state index contributed by atoms with van der Waals surface area (Å²) in [6.07, 6.45) is 0.779. The molecule has 7 nitrogen and oxygen atoms in total. The zero-order valence-corrected chi connectivity index (χ0v) is 25.3. The summed E-state index contributed by atoms with van der Waals surface area (Å²) in [5.74, 6) is -0.462. The van der Waals surface area contributed by atoms with Crippen molar-refractivity contribution in [1.29, 1.82) is 0 Å². The molecule has 0 unspecified atom stereocenters. The van der Waals surface area contributed by atoms with E-state index in [4.69, 9.17) is 28.2 Å². The maximum Gasteiger partial charge on any atom is 0.416 e. The lowest BCUT2D eigenvalue weighted by molar-refractivity contribution is -0.137. The predicted molar refractivity (Wildman–Crippen MR) is 168 cm³/mol. The second-order valence-electron chi connectivity index (χ2n) is 9.82. The Bertz CT molecular complexity index is 1990. The van der Waals surface area contributed by atoms with Crippen LogP contribution < -0.4 is 4.72 Å². The molecule has 1 heterocycles. The molecule has 5 aromatic rings. The van der Waals surface area contributed by atoms with Crippen LogP contribution in [0.2, 0.25) is 10.0 Å². The Morgan fingerprint density at radius 2 is 1.58 bits per heavy atom. The predicted octanol–water partition coefficient (Wildman–Crippen LogP) is 8.59. The Morgan fingerprint density at radius 1 is 0.911 bits per heavy atom. The van der Waals surface area contributed by atoms with Crippen LogP contribution in [0.3, 0.4) is 0 Å². The number of carbonyl (C=O) groups is 1. The summed E-state index contributed by atoms with van der Waals surface area (Å²) < 4.78 is 68.1. The Labute approximate surface area is 266 Å². The first-order valence-electron chi connectivity index (χ1n) is 13.1. The summed E-state index contributed by atoms with van der Waals surface area (Å²) in [6.45, 7) is 0.377. The van der Waals surface area contributed by atoms with Gasteiger partial charge in [-0.25, -0.2) is 18.2 Å². The van der Waals surface area contributed by atoms with Crippen molar-refractivity contribution in [3.63, 3.8) is 0 Å². The molecule has 4 aromatic carbocycles. The van der Waals surface area contributed by atoms with Crippen LogP contribution in [-0.4, -0.2) is 29.0 Å². The van der Waals surface area contributed by atoms with Crippen molar-refractivity contribution in [1.82, 2.24) is 9.55 Å². The van der Waals surface area contributed by atoms with E-state index in [1.165, 1.54) is 24.3 Å². The van der Waals surface area contributed by atoms with Gasteiger partial charge >= 0.3 is 12.1 Å². The van der Waals surface area contributed by atoms with Gasteiger partial charge in [-0.2, -0.15) is 13.2 Å². The van der Waals surface area contributed by atoms with Crippen LogP contribution >= 0.6 is 23.2 Å². The lowest BCUT2D eigenvalue weighted by atomic mass is 10.1. The van der Waals surface area contributed by atoms with E-state index >= 15 is 0 Å². The van der Waals surface area contributed by atoms with Crippen molar-refractivity contribution in [2.24, 2.45) is 0 Å². The molecular weight excluding hydrogens is 650 g/mol. The van der Waals surface area contributed by atoms with Crippen LogP contribution in [-0.2, 0) is 22.7 Å². The average Bonchev–Trinajstić information content (AvgIpc) is 3.38. The smallest absolute Gasteiger partial charge is 0.416 e. The van der Waals surface area contributed by atoms with E-state index in [1.807, 2.05) is 10.8 Å². The summed E-state index contributed by atoms with van der Waals surface area (Å²) in [7, 11) is -4.12. The number of halogens is 5. The summed E-state index contributed by atoms with van der Waals surface area (Å²) in [5, 5.41) is 10.1. The number of alkyl halides is 3. The van der Waals surface area contributed by atoms with Gasteiger partial charge < -0.3 is 9.67 Å². The molecule has 0 atom stereocenters. The molecule has 5 rings (SSSR count). The highest BCUT2D eigenvalue weighted by Gasteiger charge is 2.30. The van der Waals surface area contributed by atoms with Crippen molar-refractivity contribution in [3.8, 4) is 11.3 Å². The summed E-state index contributed by atoms with van der Waals surface area (Å²) >= 11 is 12.5. The lowest BCUT2D eigenvalue weighted by Gasteiger charge is -2.10. The third-order valence-corrected chi connectivity index (χ3v) is 8.59. The summed E-state index contributed by atoms with van der Waals surface area (Å²) in [6, 6.07) is 21.2. The minimum atomic E-state index is -4.58. The Balaban J connectivity index is 1.37. The average molecular weight is 673 g/mol. The van der Waals surface area contributed by atoms with Gasteiger partial charge in [0.2, 0.25) is 0 Å². The number of nitrogens with zero attached hydrogens (tertiary/aromatic N) is 2. The molecule has 0 saturated carbocycles. The number of carboxylic acids is 1. The van der Waals surface area contributed by atoms with Gasteiger partial charge in [-0.05, 0) is 83.9 Å². The number of aromatic nitrogens is 2. The molecule has 0 aliphatic carbocycles. The first-order valence-corrected chi connectivity index (χ1v) is 15.4. The highest BCUT2D eigenvalue weighted by Crippen LogP contribution is 2.31. The van der Waals surface area contributed by atoms with E-state index in [0.717, 1.165) is 17.7 Å². The largest absolute Gasteiger partial charge is 0.478 e. The number of hydrogen-bond acceptors (Lipinski definition) is 4. The fourth-order valence-electron chi connectivity index (χ4n) is 4.34. The molecule has 2 N–H and O–H groups in total. The van der Waals surface area contributed by atoms with E-state index in [9.17, 15) is 31.5 Å². The molecule has 0 aliphatic heterocycles. The van der Waals surface area contributed by atoms with Gasteiger partial charge in [-0.3, -0.25) is 4.72 Å². The van der Waals surface area contributed by atoms with Gasteiger partial charge in [0, 0.05) is 29.0 Å². The monoisotopic (exact) mass is 671 g/mol. The van der Waals surface area contributed by atoms with Crippen LogP contribution in [0.25, 0.3) is 23.4 Å². The van der Waals surface area contributed by atoms with Crippen LogP contribution in [0.5, 0.6) is 0 Å². The number of aromatic carboxylic acids is 1. The Morgan fingerprint density at radius 3 is 2.18 bits per heavy atom. The van der Waals surface area contributed by atoms with Gasteiger partial charge in [-0.1, -0.05) is 53.5 Å². The van der Waals surface area contributed by atoms with Gasteiger partial charge in [-0.15, -0.1) is 0 Å². The van der Waals surface area contributed by atoms with Crippen molar-refractivity contribution in [2.75, 3.05) is 4.72 Å². The molecular formula is C32H22Cl2F3N3O4S. The van der Waals surface area contributed by atoms with Gasteiger partial charge in [0.25, 0.3) is 10.0 Å². The second kappa shape index (κ2) is 12.8. The molecule has 0 spiro atoms. The van der Waals surface area contributed by atoms with Crippen molar-refractivity contribution in [3.05, 3.63) is 135 Å². The molecule has 0 saturated heterocycles. The fourth-order valence-corrected chi connectivity index (χ4v) is 5.90. The molecule has 0 fully saturated rings. The third kappa shape index (κ3) is 7.75. The zero-order chi connectivity index (χ0) is 32.4. The third-order valence-electron chi connectivity index (χ3n) is 6.65. The topological polar surface area (TPSA) is 101 Å². The molecule has 230 valence electrons. The number of sulfonamides is 1. The van der Waals surface area contributed by atoms with E-state index in [2.05, 4.69) is 4.72 Å². The van der Waals surface area contributed by atoms with Crippen molar-refractivity contribution in [2.45, 2.75) is 17.6 Å². The number of nitrogens with one attached hydrogen (secondary N) is 1. The normalized spacial score (nSPS) is 12.0. The zero-order valence-electron chi connectivity index (χ0n) is 23.0. The lowest BCUT2D eigenvalue weighted by Crippen LogP contribution is -2.13. The number of rotatable bonds is 9. The molecule has 0 bridgehead atoms. The first-order chi connectivity index (χ1) is 21.3. The summed E-state index contributed by atoms with van der Waals surface area (Å²) in [5.41, 5.74) is 2.25. The Kier molecular flexibility index (Phi) is 9.06. The minimum absolute atomic E-state index is 0.170. The van der Waals surface area contributed by atoms with Crippen LogP contribution in [0.15, 0.2) is 102 Å². The highest BCUT2D eigenvalue weighted by atomic mass is 35.5. The Hall–Kier alpha value is -4.58. The highest BCUT2D eigenvalue weighted by molar-refractivity contribution is 7.92. The van der Waals surface area contributed by atoms with Gasteiger partial charge in [0.1, 0.15) is 5.82 Å². The van der Waals surface area contributed by atoms with E-state index < -0.39 is 27.7 Å². The van der Waals surface area contributed by atoms with Crippen LogP contribution in [0.1, 0.15) is 32.9 Å². The SMILES string of the molecule is O=C(O)c1ccc(Cn2cc(-c3ccc(Cl)cc3Cl)nc2C=Cc2ccc(NS(=O)(=O)c3ccc(C(F)(F)F)cc3)cc2)cc1. The number of hydrogen-bond donors (Lipinski definition) is 2. The molecule has 1 aromatic heterocycles. The molecule has 0 radical (unpaired) electrons. The molecule has 45 heavy (non-hydrogen) atoms. The van der Waals surface area contributed by atoms with Gasteiger partial charge in [0.15, 0.2) is 0 Å². The summed E-state index contributed by atoms with van der Waals surface area (Å²) in [4.78, 5) is 15.7. The molecule has 0 aliphatic rings. The maximum atomic E-state index is 12.8. The van der Waals surface area contributed by atoms with Crippen molar-refractivity contribution < 1.29 is 31.5 Å². The standard InChI is InChI=1S/C32H22Cl2F3N3O4S/c33-24-10-15-27(28(34)17-24)29-19-40(18-21-1-6-22(7-2-21)31(41)42)30(38-29)16-5-20-3-11-25(12-4-20)39-45(43,44)26-13-8-23(9-14-26)32(35,36)37/h1-17,19,39H,18H2,(H,41,42). The van der Waals surface area contributed by atoms with Gasteiger partial charge in [0.05, 0.1) is 26.7 Å². The van der Waals surface area contributed by atoms with E-state index in [-0.39, 0.29) is 16.1 Å². The molecule has 13 heteroatoms. The fraction of sp³-hybridized carbons (Fsp3) is 0.0625. The minimum Gasteiger partial charge on any atom is -0.478 e. The quantitative estimate of drug-likeness (QED) is 0.163. The van der Waals surface area contributed by atoms with Crippen molar-refractivity contribution >= 4 is 57.0 Å². The van der Waals surface area contributed by atoms with E-state index in [0.29, 0.717) is 51.4 Å². The first kappa shape index (κ1) is 31.8. The van der Waals surface area contributed by atoms with E-state index in [1.54, 1.807) is 54.6 Å². The van der Waals surface area contributed by atoms with Crippen LogP contribution in [0, 0.1) is 0 Å². The van der Waals surface area contributed by atoms with Crippen LogP contribution in [0.4, 0.5) is 18.9 Å². The number of carboxylic acid groups (broad SMARTS) is 1.